The molecule has 0 spiro atoms. The molecule has 1 aliphatic heterocycles. The third-order valence-electron chi connectivity index (χ3n) is 8.43. The number of carbonyl (C=O) groups is 1. The van der Waals surface area contributed by atoms with Crippen molar-refractivity contribution in [2.24, 2.45) is 0 Å². The molecule has 0 radical (unpaired) electrons. The van der Waals surface area contributed by atoms with Crippen LogP contribution in [0, 0.1) is 0 Å². The molecule has 1 fully saturated rings. The topological polar surface area (TPSA) is 92.7 Å². The van der Waals surface area contributed by atoms with E-state index in [0.29, 0.717) is 6.61 Å². The highest BCUT2D eigenvalue weighted by Gasteiger charge is 2.61. The fourth-order valence-electron chi connectivity index (χ4n) is 6.02. The van der Waals surface area contributed by atoms with Gasteiger partial charge < -0.3 is 33.5 Å². The first-order valence-corrected chi connectivity index (χ1v) is 16.2. The van der Waals surface area contributed by atoms with Crippen molar-refractivity contribution < 1.29 is 38.3 Å². The van der Waals surface area contributed by atoms with E-state index in [-0.39, 0.29) is 32.8 Å². The zero-order valence-electron chi connectivity index (χ0n) is 27.3. The second-order valence-corrected chi connectivity index (χ2v) is 11.8. The largest absolute Gasteiger partial charge is 0.467 e. The Labute approximate surface area is 282 Å². The quantitative estimate of drug-likeness (QED) is 0.106. The van der Waals surface area contributed by atoms with Gasteiger partial charge in [-0.3, -0.25) is 0 Å². The highest BCUT2D eigenvalue weighted by Crippen LogP contribution is 2.42. The molecule has 8 heteroatoms. The van der Waals surface area contributed by atoms with Crippen molar-refractivity contribution in [3.8, 4) is 0 Å². The van der Waals surface area contributed by atoms with Gasteiger partial charge in [-0.25, -0.2) is 4.79 Å². The second kappa shape index (κ2) is 17.8. The number of methoxy groups -OCH3 is 1. The lowest BCUT2D eigenvalue weighted by Crippen LogP contribution is -2.71. The minimum absolute atomic E-state index is 0.0501. The summed E-state index contributed by atoms with van der Waals surface area (Å²) < 4.78 is 38.2. The predicted octanol–water partition coefficient (Wildman–Crippen LogP) is 6.21. The van der Waals surface area contributed by atoms with E-state index < -0.39 is 42.1 Å². The maximum atomic E-state index is 13.1. The van der Waals surface area contributed by atoms with E-state index >= 15 is 0 Å². The lowest BCUT2D eigenvalue weighted by atomic mass is 9.78. The number of aliphatic hydroxyl groups is 1. The van der Waals surface area contributed by atoms with Gasteiger partial charge in [0.05, 0.1) is 40.1 Å². The maximum absolute atomic E-state index is 13.1. The van der Waals surface area contributed by atoms with Crippen LogP contribution in [0.2, 0.25) is 0 Å². The normalized spacial score (nSPS) is 22.9. The van der Waals surface area contributed by atoms with Gasteiger partial charge in [0.2, 0.25) is 0 Å². The Balaban J connectivity index is 1.56. The van der Waals surface area contributed by atoms with Crippen molar-refractivity contribution in [1.82, 2.24) is 0 Å². The second-order valence-electron chi connectivity index (χ2n) is 11.8. The van der Waals surface area contributed by atoms with Crippen LogP contribution in [-0.2, 0) is 59.6 Å². The maximum Gasteiger partial charge on any atom is 0.337 e. The monoisotopic (exact) mass is 652 g/mol. The van der Waals surface area contributed by atoms with Gasteiger partial charge in [-0.1, -0.05) is 127 Å². The van der Waals surface area contributed by atoms with Crippen LogP contribution in [0.3, 0.4) is 0 Å². The van der Waals surface area contributed by atoms with Crippen molar-refractivity contribution in [1.29, 1.82) is 0 Å². The first-order chi connectivity index (χ1) is 23.5. The van der Waals surface area contributed by atoms with E-state index in [1.165, 1.54) is 7.11 Å². The van der Waals surface area contributed by atoms with E-state index in [1.807, 2.05) is 121 Å². The summed E-state index contributed by atoms with van der Waals surface area (Å²) in [6.45, 7) is 5.00. The molecule has 1 N–H and O–H groups in total. The van der Waals surface area contributed by atoms with Crippen LogP contribution >= 0.6 is 0 Å². The van der Waals surface area contributed by atoms with E-state index in [1.54, 1.807) is 6.08 Å². The summed E-state index contributed by atoms with van der Waals surface area (Å²) in [6.07, 6.45) is -3.42. The molecular formula is C40H44O8. The lowest BCUT2D eigenvalue weighted by Gasteiger charge is -2.53. The summed E-state index contributed by atoms with van der Waals surface area (Å²) in [5.74, 6) is -0.862. The number of esters is 1. The third-order valence-corrected chi connectivity index (χ3v) is 8.43. The third kappa shape index (κ3) is 9.05. The number of carbonyl (C=O) groups excluding carboxylic acids is 1. The van der Waals surface area contributed by atoms with E-state index in [9.17, 15) is 9.90 Å². The minimum atomic E-state index is -1.74. The summed E-state index contributed by atoms with van der Waals surface area (Å²) in [4.78, 5) is 13.1. The summed E-state index contributed by atoms with van der Waals surface area (Å²) >= 11 is 0. The van der Waals surface area contributed by atoms with Gasteiger partial charge in [0.25, 0.3) is 0 Å². The Morgan fingerprint density at radius 1 is 0.729 bits per heavy atom. The standard InChI is InChI=1S/C40H44O8/c1-3-24-40(37(41)39(42)43-2)38(47-28-33-22-14-7-15-23-33)36(46-27-32-20-12-6-13-21-32)35(45-26-31-18-10-5-11-19-31)34(48-40)29-44-25-30-16-8-4-9-17-30/h3-23,34-38,41H,1,24-29H2,2H3/t34?,35-,36-,37+,38?,40+/m0/s1. The Bertz CT molecular complexity index is 1520. The Hall–Kier alpha value is -4.15. The summed E-state index contributed by atoms with van der Waals surface area (Å²) in [7, 11) is 1.23. The average molecular weight is 653 g/mol. The molecule has 48 heavy (non-hydrogen) atoms. The van der Waals surface area contributed by atoms with Crippen LogP contribution in [0.15, 0.2) is 134 Å². The van der Waals surface area contributed by atoms with Gasteiger partial charge >= 0.3 is 5.97 Å². The molecular weight excluding hydrogens is 608 g/mol. The van der Waals surface area contributed by atoms with E-state index in [2.05, 4.69) is 6.58 Å². The molecule has 1 heterocycles. The molecule has 252 valence electrons. The van der Waals surface area contributed by atoms with Gasteiger partial charge in [0, 0.05) is 0 Å². The fraction of sp³-hybridized carbons (Fsp3) is 0.325. The molecule has 0 saturated carbocycles. The van der Waals surface area contributed by atoms with Gasteiger partial charge in [-0.2, -0.15) is 0 Å². The molecule has 5 rings (SSSR count). The number of ether oxygens (including phenoxy) is 6. The van der Waals surface area contributed by atoms with Crippen LogP contribution in [0.5, 0.6) is 0 Å². The first kappa shape index (κ1) is 35.2. The first-order valence-electron chi connectivity index (χ1n) is 16.2. The van der Waals surface area contributed by atoms with Crippen molar-refractivity contribution in [3.05, 3.63) is 156 Å². The lowest BCUT2D eigenvalue weighted by molar-refractivity contribution is -0.324. The smallest absolute Gasteiger partial charge is 0.337 e. The van der Waals surface area contributed by atoms with Gasteiger partial charge in [-0.15, -0.1) is 6.58 Å². The van der Waals surface area contributed by atoms with Gasteiger partial charge in [0.1, 0.15) is 30.0 Å². The SMILES string of the molecule is C=CC[C@]1([C@H](O)C(=O)OC)OC(COCc2ccccc2)[C@H](OCc2ccccc2)[C@H](OCc2ccccc2)C1OCc1ccccc1. The van der Waals surface area contributed by atoms with Crippen LogP contribution in [0.4, 0.5) is 0 Å². The van der Waals surface area contributed by atoms with Crippen LogP contribution in [0.1, 0.15) is 28.7 Å². The molecule has 2 unspecified atom stereocenters. The number of aliphatic hydroxyl groups excluding tert-OH is 1. The molecule has 1 aliphatic rings. The molecule has 4 aromatic rings. The Morgan fingerprint density at radius 2 is 1.17 bits per heavy atom. The van der Waals surface area contributed by atoms with Crippen LogP contribution in [0.25, 0.3) is 0 Å². The molecule has 0 aromatic heterocycles. The Morgan fingerprint density at radius 3 is 1.62 bits per heavy atom. The van der Waals surface area contributed by atoms with Gasteiger partial charge in [0.15, 0.2) is 6.10 Å². The highest BCUT2D eigenvalue weighted by atomic mass is 16.6. The summed E-state index contributed by atoms with van der Waals surface area (Å²) in [5.41, 5.74) is 2.13. The summed E-state index contributed by atoms with van der Waals surface area (Å²) in [6, 6.07) is 39.1. The van der Waals surface area contributed by atoms with Crippen molar-refractivity contribution in [3.63, 3.8) is 0 Å². The average Bonchev–Trinajstić information content (AvgIpc) is 3.14. The minimum Gasteiger partial charge on any atom is -0.467 e. The zero-order chi connectivity index (χ0) is 33.6. The molecule has 8 nitrogen and oxygen atoms in total. The number of benzene rings is 4. The van der Waals surface area contributed by atoms with Gasteiger partial charge in [-0.05, 0) is 28.7 Å². The molecule has 6 atom stereocenters. The fourth-order valence-corrected chi connectivity index (χ4v) is 6.02. The van der Waals surface area contributed by atoms with E-state index in [4.69, 9.17) is 28.4 Å². The molecule has 0 amide bonds. The molecule has 0 bridgehead atoms. The number of rotatable bonds is 17. The van der Waals surface area contributed by atoms with Crippen molar-refractivity contribution in [2.45, 2.75) is 69.0 Å². The summed E-state index contributed by atoms with van der Waals surface area (Å²) in [5, 5.41) is 11.7. The Kier molecular flexibility index (Phi) is 13.1. The van der Waals surface area contributed by atoms with Crippen LogP contribution < -0.4 is 0 Å². The van der Waals surface area contributed by atoms with Crippen molar-refractivity contribution in [2.75, 3.05) is 13.7 Å². The van der Waals surface area contributed by atoms with Crippen LogP contribution in [-0.4, -0.2) is 60.9 Å². The van der Waals surface area contributed by atoms with Crippen molar-refractivity contribution >= 4 is 5.97 Å². The number of hydrogen-bond donors (Lipinski definition) is 1. The molecule has 4 aromatic carbocycles. The number of hydrogen-bond acceptors (Lipinski definition) is 8. The molecule has 0 aliphatic carbocycles. The predicted molar refractivity (Wildman–Crippen MR) is 182 cm³/mol. The highest BCUT2D eigenvalue weighted by molar-refractivity contribution is 5.76. The molecule has 1 saturated heterocycles. The van der Waals surface area contributed by atoms with E-state index in [0.717, 1.165) is 22.3 Å². The zero-order valence-corrected chi connectivity index (χ0v) is 27.3.